The summed E-state index contributed by atoms with van der Waals surface area (Å²) < 4.78 is 34.0. The molecule has 1 saturated carbocycles. The molecule has 1 aliphatic heterocycles. The third-order valence-electron chi connectivity index (χ3n) is 9.37. The summed E-state index contributed by atoms with van der Waals surface area (Å²) in [5.74, 6) is -1.20. The highest BCUT2D eigenvalue weighted by Gasteiger charge is 2.43. The first-order chi connectivity index (χ1) is 15.3. The molecule has 2 fully saturated rings. The van der Waals surface area contributed by atoms with E-state index in [1.165, 1.54) is 37.4 Å². The lowest BCUT2D eigenvalue weighted by Gasteiger charge is -2.43. The Labute approximate surface area is 204 Å². The van der Waals surface area contributed by atoms with E-state index in [2.05, 4.69) is 71.1 Å². The second kappa shape index (κ2) is 10.6. The summed E-state index contributed by atoms with van der Waals surface area (Å²) in [5.41, 5.74) is 0. The number of hydrogen-bond donors (Lipinski definition) is 0. The van der Waals surface area contributed by atoms with Crippen molar-refractivity contribution in [2.75, 3.05) is 0 Å². The molecule has 33 heavy (non-hydrogen) atoms. The van der Waals surface area contributed by atoms with Crippen LogP contribution in [-0.4, -0.2) is 28.4 Å². The average molecular weight is 495 g/mol. The van der Waals surface area contributed by atoms with Gasteiger partial charge in [-0.05, 0) is 56.2 Å². The fourth-order valence-electron chi connectivity index (χ4n) is 6.14. The van der Waals surface area contributed by atoms with E-state index in [-0.39, 0.29) is 17.9 Å². The maximum Gasteiger partial charge on any atom is 0.248 e. The first kappa shape index (κ1) is 27.1. The van der Waals surface area contributed by atoms with Crippen molar-refractivity contribution in [3.05, 3.63) is 30.3 Å². The van der Waals surface area contributed by atoms with Gasteiger partial charge in [-0.15, -0.1) is 0 Å². The minimum absolute atomic E-state index is 0.113. The summed E-state index contributed by atoms with van der Waals surface area (Å²) in [6.45, 7) is 13.9. The number of rotatable bonds is 8. The summed E-state index contributed by atoms with van der Waals surface area (Å²) in [6, 6.07) is 15.3. The van der Waals surface area contributed by atoms with Gasteiger partial charge in [-0.3, -0.25) is 0 Å². The lowest BCUT2D eigenvalue weighted by atomic mass is 9.76. The molecule has 0 aromatic heterocycles. The van der Waals surface area contributed by atoms with Gasteiger partial charge in [0.15, 0.2) is 8.32 Å². The molecule has 1 nitrogen and oxygen atoms in total. The average Bonchev–Trinajstić information content (AvgIpc) is 2.74. The summed E-state index contributed by atoms with van der Waals surface area (Å²) >= 11 is 0. The summed E-state index contributed by atoms with van der Waals surface area (Å²) in [5, 5.41) is 1.87. The second-order valence-electron chi connectivity index (χ2n) is 12.8. The highest BCUT2D eigenvalue weighted by molar-refractivity contribution is 6.92. The lowest BCUT2D eigenvalue weighted by Crippen LogP contribution is -2.50. The van der Waals surface area contributed by atoms with Crippen molar-refractivity contribution in [2.45, 2.75) is 127 Å². The highest BCUT2D eigenvalue weighted by atomic mass is 28.4. The minimum atomic E-state index is -2.41. The van der Waals surface area contributed by atoms with Crippen molar-refractivity contribution in [1.29, 1.82) is 0 Å². The van der Waals surface area contributed by atoms with Crippen molar-refractivity contribution >= 4 is 21.6 Å². The predicted molar refractivity (Wildman–Crippen MR) is 143 cm³/mol. The van der Waals surface area contributed by atoms with Crippen molar-refractivity contribution in [2.24, 2.45) is 11.8 Å². The topological polar surface area (TPSA) is 9.23 Å². The van der Waals surface area contributed by atoms with E-state index < -0.39 is 22.3 Å². The standard InChI is InChI=1S/C28H48F2OSi2/c1-23(31-32(5,6)27(2,3)4)11-10-20-33(26-12-8-7-9-13-26)21-16-25(17-22-33)24-14-18-28(29,30)19-15-24/h7-9,12-13,23-25H,10-11,14-22H2,1-6H3. The molecule has 1 saturated heterocycles. The molecule has 188 valence electrons. The number of benzene rings is 1. The van der Waals surface area contributed by atoms with Crippen LogP contribution in [0.25, 0.3) is 0 Å². The van der Waals surface area contributed by atoms with Crippen LogP contribution >= 0.6 is 0 Å². The van der Waals surface area contributed by atoms with E-state index in [9.17, 15) is 8.78 Å². The van der Waals surface area contributed by atoms with Crippen molar-refractivity contribution < 1.29 is 13.2 Å². The molecule has 1 aromatic rings. The Balaban J connectivity index is 1.59. The zero-order valence-electron chi connectivity index (χ0n) is 22.1. The van der Waals surface area contributed by atoms with Crippen LogP contribution in [0.3, 0.4) is 0 Å². The smallest absolute Gasteiger partial charge is 0.248 e. The van der Waals surface area contributed by atoms with Gasteiger partial charge in [-0.25, -0.2) is 8.78 Å². The van der Waals surface area contributed by atoms with Crippen LogP contribution in [0, 0.1) is 11.8 Å². The third kappa shape index (κ3) is 7.01. The SMILES string of the molecule is CC(CCC[Si]1(c2ccccc2)CCC(C2CCC(F)(F)CC2)CC1)O[Si](C)(C)C(C)(C)C. The van der Waals surface area contributed by atoms with Crippen LogP contribution in [0.2, 0.25) is 36.3 Å². The van der Waals surface area contributed by atoms with Crippen LogP contribution in [0.5, 0.6) is 0 Å². The molecule has 1 aromatic carbocycles. The quantitative estimate of drug-likeness (QED) is 0.328. The van der Waals surface area contributed by atoms with Gasteiger partial charge in [-0.2, -0.15) is 0 Å². The molecular formula is C28H48F2OSi2. The molecular weight excluding hydrogens is 446 g/mol. The zero-order chi connectivity index (χ0) is 24.3. The molecule has 1 atom stereocenters. The Morgan fingerprint density at radius 1 is 1.00 bits per heavy atom. The van der Waals surface area contributed by atoms with E-state index in [0.717, 1.165) is 19.3 Å². The van der Waals surface area contributed by atoms with E-state index in [1.54, 1.807) is 5.19 Å². The van der Waals surface area contributed by atoms with Gasteiger partial charge >= 0.3 is 0 Å². The van der Waals surface area contributed by atoms with Gasteiger partial charge in [0, 0.05) is 18.9 Å². The van der Waals surface area contributed by atoms with E-state index in [0.29, 0.717) is 17.9 Å². The largest absolute Gasteiger partial charge is 0.414 e. The molecule has 1 aliphatic carbocycles. The summed E-state index contributed by atoms with van der Waals surface area (Å²) in [4.78, 5) is 0. The molecule has 5 heteroatoms. The van der Waals surface area contributed by atoms with Gasteiger partial charge in [0.05, 0.1) is 8.07 Å². The van der Waals surface area contributed by atoms with Crippen LogP contribution < -0.4 is 5.19 Å². The molecule has 0 spiro atoms. The second-order valence-corrected chi connectivity index (χ2v) is 22.2. The highest BCUT2D eigenvalue weighted by Crippen LogP contribution is 2.46. The van der Waals surface area contributed by atoms with Gasteiger partial charge in [0.1, 0.15) is 0 Å². The van der Waals surface area contributed by atoms with E-state index in [1.807, 2.05) is 0 Å². The molecule has 3 rings (SSSR count). The van der Waals surface area contributed by atoms with Crippen molar-refractivity contribution in [1.82, 2.24) is 0 Å². The van der Waals surface area contributed by atoms with Crippen molar-refractivity contribution in [3.8, 4) is 0 Å². The van der Waals surface area contributed by atoms with Gasteiger partial charge < -0.3 is 4.43 Å². The first-order valence-corrected chi connectivity index (χ1v) is 19.0. The minimum Gasteiger partial charge on any atom is -0.414 e. The van der Waals surface area contributed by atoms with Crippen LogP contribution in [0.4, 0.5) is 8.78 Å². The van der Waals surface area contributed by atoms with Crippen molar-refractivity contribution in [3.63, 3.8) is 0 Å². The number of halogens is 2. The third-order valence-corrected chi connectivity index (χ3v) is 19.3. The molecule has 1 unspecified atom stereocenters. The van der Waals surface area contributed by atoms with Crippen LogP contribution in [0.1, 0.15) is 79.1 Å². The van der Waals surface area contributed by atoms with E-state index >= 15 is 0 Å². The normalized spacial score (nSPS) is 27.9. The molecule has 0 radical (unpaired) electrons. The van der Waals surface area contributed by atoms with Gasteiger partial charge in [0.2, 0.25) is 5.92 Å². The lowest BCUT2D eigenvalue weighted by molar-refractivity contribution is -0.0529. The number of alkyl halides is 2. The molecule has 0 amide bonds. The Morgan fingerprint density at radius 3 is 2.09 bits per heavy atom. The molecule has 2 aliphatic rings. The Kier molecular flexibility index (Phi) is 8.71. The number of hydrogen-bond acceptors (Lipinski definition) is 1. The zero-order valence-corrected chi connectivity index (χ0v) is 24.1. The monoisotopic (exact) mass is 494 g/mol. The van der Waals surface area contributed by atoms with Gasteiger partial charge in [-0.1, -0.05) is 93.7 Å². The maximum absolute atomic E-state index is 13.7. The Bertz CT molecular complexity index is 726. The van der Waals surface area contributed by atoms with Crippen LogP contribution in [-0.2, 0) is 4.43 Å². The fraction of sp³-hybridized carbons (Fsp3) is 0.786. The van der Waals surface area contributed by atoms with Crippen LogP contribution in [0.15, 0.2) is 30.3 Å². The maximum atomic E-state index is 13.7. The van der Waals surface area contributed by atoms with E-state index in [4.69, 9.17) is 4.43 Å². The Hall–Kier alpha value is -0.526. The molecule has 1 heterocycles. The Morgan fingerprint density at radius 2 is 1.55 bits per heavy atom. The summed E-state index contributed by atoms with van der Waals surface area (Å²) in [6.07, 6.45) is 6.93. The first-order valence-electron chi connectivity index (χ1n) is 13.4. The summed E-state index contributed by atoms with van der Waals surface area (Å²) in [7, 11) is -3.27. The van der Waals surface area contributed by atoms with Gasteiger partial charge in [0.25, 0.3) is 0 Å². The molecule has 0 N–H and O–H groups in total. The molecule has 0 bridgehead atoms. The predicted octanol–water partition coefficient (Wildman–Crippen LogP) is 8.77. The fourth-order valence-corrected chi connectivity index (χ4v) is 12.9.